The smallest absolute Gasteiger partial charge is 0.341 e. The molecule has 216 valence electrons. The number of hydrogen-bond acceptors (Lipinski definition) is 6. The number of piperazine rings is 1. The second kappa shape index (κ2) is 11.3. The number of halogens is 1. The van der Waals surface area contributed by atoms with E-state index >= 15 is 4.39 Å². The van der Waals surface area contributed by atoms with Gasteiger partial charge in [-0.05, 0) is 54.8 Å². The first-order chi connectivity index (χ1) is 20.3. The summed E-state index contributed by atoms with van der Waals surface area (Å²) in [4.78, 5) is 41.4. The Balaban J connectivity index is 1.12. The number of methoxy groups -OCH3 is 1. The summed E-state index contributed by atoms with van der Waals surface area (Å²) in [6.45, 7) is 3.31. The topological polar surface area (TPSA) is 104 Å². The normalized spacial score (nSPS) is 15.5. The molecule has 1 aliphatic carbocycles. The Labute approximate surface area is 241 Å². The van der Waals surface area contributed by atoms with Gasteiger partial charge in [0.2, 0.25) is 5.43 Å². The largest absolute Gasteiger partial charge is 0.495 e. The molecule has 3 aromatic carbocycles. The number of carboxylic acid groups (broad SMARTS) is 1. The van der Waals surface area contributed by atoms with Gasteiger partial charge in [0.15, 0.2) is 0 Å². The SMILES string of the molecule is COc1ccccc1NC(=O)c1ccc(CN2CCN(c3cc4c(cc3F)c(=O)c(C(=O)O)cn4C3CC3)CC2)cc1. The third-order valence-electron chi connectivity index (χ3n) is 7.96. The average Bonchev–Trinajstić information content (AvgIpc) is 3.84. The molecule has 6 rings (SSSR count). The molecule has 9 nitrogen and oxygen atoms in total. The first-order valence-electron chi connectivity index (χ1n) is 13.9. The van der Waals surface area contributed by atoms with Gasteiger partial charge in [0.1, 0.15) is 17.1 Å². The molecule has 0 spiro atoms. The van der Waals surface area contributed by atoms with Gasteiger partial charge in [-0.3, -0.25) is 14.5 Å². The van der Waals surface area contributed by atoms with Gasteiger partial charge in [0, 0.05) is 55.9 Å². The average molecular weight is 571 g/mol. The summed E-state index contributed by atoms with van der Waals surface area (Å²) >= 11 is 0. The maximum absolute atomic E-state index is 15.3. The van der Waals surface area contributed by atoms with Gasteiger partial charge in [-0.1, -0.05) is 24.3 Å². The van der Waals surface area contributed by atoms with E-state index in [2.05, 4.69) is 10.2 Å². The van der Waals surface area contributed by atoms with Crippen molar-refractivity contribution in [2.75, 3.05) is 43.5 Å². The molecule has 2 fully saturated rings. The summed E-state index contributed by atoms with van der Waals surface area (Å²) in [7, 11) is 1.56. The highest BCUT2D eigenvalue weighted by Crippen LogP contribution is 2.38. The quantitative estimate of drug-likeness (QED) is 0.315. The van der Waals surface area contributed by atoms with Crippen molar-refractivity contribution in [2.24, 2.45) is 0 Å². The minimum Gasteiger partial charge on any atom is -0.495 e. The van der Waals surface area contributed by atoms with Gasteiger partial charge in [-0.15, -0.1) is 0 Å². The molecular weight excluding hydrogens is 539 g/mol. The highest BCUT2D eigenvalue weighted by molar-refractivity contribution is 6.05. The van der Waals surface area contributed by atoms with Crippen LogP contribution in [0.4, 0.5) is 15.8 Å². The molecule has 2 heterocycles. The lowest BCUT2D eigenvalue weighted by Gasteiger charge is -2.36. The van der Waals surface area contributed by atoms with Crippen LogP contribution in [0.3, 0.4) is 0 Å². The molecule has 2 N–H and O–H groups in total. The first kappa shape index (κ1) is 27.5. The van der Waals surface area contributed by atoms with Crippen LogP contribution in [0.15, 0.2) is 71.7 Å². The standard InChI is InChI=1S/C32H31FN4O5/c1-42-29-5-3-2-4-26(29)34-31(39)21-8-6-20(7-9-21)18-35-12-14-36(15-13-35)28-17-27-23(16-25(28)33)30(38)24(32(40)41)19-37(27)22-10-11-22/h2-9,16-17,19,22H,10-15,18H2,1H3,(H,34,39)(H,40,41). The van der Waals surface area contributed by atoms with E-state index in [0.717, 1.165) is 18.4 Å². The summed E-state index contributed by atoms with van der Waals surface area (Å²) in [6, 6.07) is 17.7. The van der Waals surface area contributed by atoms with Crippen LogP contribution in [0.5, 0.6) is 5.75 Å². The number of benzene rings is 3. The number of carbonyl (C=O) groups is 2. The van der Waals surface area contributed by atoms with Gasteiger partial charge in [0.05, 0.1) is 24.0 Å². The number of pyridine rings is 1. The number of anilines is 2. The second-order valence-electron chi connectivity index (χ2n) is 10.8. The number of rotatable bonds is 8. The predicted molar refractivity (Wildman–Crippen MR) is 158 cm³/mol. The molecule has 0 unspecified atom stereocenters. The fourth-order valence-electron chi connectivity index (χ4n) is 5.52. The molecule has 1 saturated carbocycles. The highest BCUT2D eigenvalue weighted by Gasteiger charge is 2.28. The van der Waals surface area contributed by atoms with Crippen molar-refractivity contribution < 1.29 is 23.8 Å². The number of nitrogens with zero attached hydrogens (tertiary/aromatic N) is 3. The number of nitrogens with one attached hydrogen (secondary N) is 1. The Hall–Kier alpha value is -4.70. The molecule has 0 bridgehead atoms. The van der Waals surface area contributed by atoms with Crippen molar-refractivity contribution in [2.45, 2.75) is 25.4 Å². The van der Waals surface area contributed by atoms with Gasteiger partial charge in [-0.2, -0.15) is 0 Å². The molecule has 1 aromatic heterocycles. The zero-order valence-electron chi connectivity index (χ0n) is 23.2. The van der Waals surface area contributed by atoms with E-state index in [1.165, 1.54) is 12.3 Å². The zero-order valence-corrected chi connectivity index (χ0v) is 23.2. The van der Waals surface area contributed by atoms with Crippen LogP contribution < -0.4 is 20.4 Å². The van der Waals surface area contributed by atoms with Crippen molar-refractivity contribution in [3.8, 4) is 5.75 Å². The number of amides is 1. The van der Waals surface area contributed by atoms with Crippen molar-refractivity contribution >= 4 is 34.2 Å². The van der Waals surface area contributed by atoms with E-state index in [0.29, 0.717) is 60.9 Å². The lowest BCUT2D eigenvalue weighted by atomic mass is 10.1. The second-order valence-corrected chi connectivity index (χ2v) is 10.8. The summed E-state index contributed by atoms with van der Waals surface area (Å²) < 4.78 is 22.4. The van der Waals surface area contributed by atoms with Crippen molar-refractivity contribution in [1.29, 1.82) is 0 Å². The van der Waals surface area contributed by atoms with Crippen LogP contribution in [0.2, 0.25) is 0 Å². The van der Waals surface area contributed by atoms with Crippen LogP contribution in [-0.4, -0.2) is 59.7 Å². The number of para-hydroxylation sites is 2. The van der Waals surface area contributed by atoms with Crippen molar-refractivity contribution in [1.82, 2.24) is 9.47 Å². The van der Waals surface area contributed by atoms with Crippen molar-refractivity contribution in [3.05, 3.63) is 99.6 Å². The van der Waals surface area contributed by atoms with E-state index < -0.39 is 17.2 Å². The number of ether oxygens (including phenoxy) is 1. The third kappa shape index (κ3) is 5.45. The maximum Gasteiger partial charge on any atom is 0.341 e. The van der Waals surface area contributed by atoms with E-state index in [-0.39, 0.29) is 22.9 Å². The fourth-order valence-corrected chi connectivity index (χ4v) is 5.52. The minimum atomic E-state index is -1.30. The monoisotopic (exact) mass is 570 g/mol. The first-order valence-corrected chi connectivity index (χ1v) is 13.9. The molecule has 10 heteroatoms. The fraction of sp³-hybridized carbons (Fsp3) is 0.281. The van der Waals surface area contributed by atoms with E-state index in [4.69, 9.17) is 4.74 Å². The Bertz CT molecular complexity index is 1720. The molecule has 4 aromatic rings. The molecular formula is C32H31FN4O5. The number of fused-ring (bicyclic) bond motifs is 1. The van der Waals surface area contributed by atoms with Gasteiger partial charge < -0.3 is 24.6 Å². The van der Waals surface area contributed by atoms with Crippen molar-refractivity contribution in [3.63, 3.8) is 0 Å². The summed E-state index contributed by atoms with van der Waals surface area (Å²) in [5.41, 5.74) is 2.22. The summed E-state index contributed by atoms with van der Waals surface area (Å²) in [6.07, 6.45) is 3.20. The number of aromatic nitrogens is 1. The number of hydrogen-bond donors (Lipinski definition) is 2. The lowest BCUT2D eigenvalue weighted by Crippen LogP contribution is -2.46. The van der Waals surface area contributed by atoms with Crippen LogP contribution in [0.1, 0.15) is 45.2 Å². The molecule has 1 amide bonds. The Morgan fingerprint density at radius 2 is 1.74 bits per heavy atom. The number of carbonyl (C=O) groups excluding carboxylic acids is 1. The zero-order chi connectivity index (χ0) is 29.4. The summed E-state index contributed by atoms with van der Waals surface area (Å²) in [5.74, 6) is -1.46. The minimum absolute atomic E-state index is 0.0988. The Kier molecular flexibility index (Phi) is 7.38. The lowest BCUT2D eigenvalue weighted by molar-refractivity contribution is 0.0694. The highest BCUT2D eigenvalue weighted by atomic mass is 19.1. The van der Waals surface area contributed by atoms with Crippen LogP contribution in [0, 0.1) is 5.82 Å². The van der Waals surface area contributed by atoms with Gasteiger partial charge >= 0.3 is 5.97 Å². The van der Waals surface area contributed by atoms with Crippen LogP contribution in [-0.2, 0) is 6.54 Å². The Morgan fingerprint density at radius 3 is 2.40 bits per heavy atom. The van der Waals surface area contributed by atoms with Crippen LogP contribution >= 0.6 is 0 Å². The maximum atomic E-state index is 15.3. The molecule has 1 aliphatic heterocycles. The molecule has 42 heavy (non-hydrogen) atoms. The molecule has 0 atom stereocenters. The number of carboxylic acids is 1. The van der Waals surface area contributed by atoms with Gasteiger partial charge in [0.25, 0.3) is 5.91 Å². The van der Waals surface area contributed by atoms with Gasteiger partial charge in [-0.25, -0.2) is 9.18 Å². The van der Waals surface area contributed by atoms with E-state index in [9.17, 15) is 19.5 Å². The van der Waals surface area contributed by atoms with E-state index in [1.54, 1.807) is 37.4 Å². The molecule has 0 radical (unpaired) electrons. The Morgan fingerprint density at radius 1 is 1.02 bits per heavy atom. The third-order valence-corrected chi connectivity index (χ3v) is 7.96. The van der Waals surface area contributed by atoms with E-state index in [1.807, 2.05) is 33.7 Å². The molecule has 2 aliphatic rings. The van der Waals surface area contributed by atoms with Crippen LogP contribution in [0.25, 0.3) is 10.9 Å². The number of aromatic carboxylic acids is 1. The predicted octanol–water partition coefficient (Wildman–Crippen LogP) is 4.76. The summed E-state index contributed by atoms with van der Waals surface area (Å²) in [5, 5.41) is 12.5. The molecule has 1 saturated heterocycles.